The van der Waals surface area contributed by atoms with E-state index in [2.05, 4.69) is 15.1 Å². The van der Waals surface area contributed by atoms with E-state index in [4.69, 9.17) is 4.74 Å². The maximum absolute atomic E-state index is 12.5. The Hall–Kier alpha value is -3.67. The summed E-state index contributed by atoms with van der Waals surface area (Å²) in [7, 11) is 1.57. The number of benzene rings is 1. The lowest BCUT2D eigenvalue weighted by molar-refractivity contribution is 0.398. The second-order valence-corrected chi connectivity index (χ2v) is 5.68. The molecular formula is C20H16N4O2. The van der Waals surface area contributed by atoms with Crippen molar-refractivity contribution < 1.29 is 4.74 Å². The standard InChI is InChI=1S/C20H16N4O2/c1-26-19-8-7-14(12-21-19)15-11-17(20(25)22-13-15)18-9-10-23-24(18)16-5-3-2-4-6-16/h2-13H,1H3,(H,22,25). The van der Waals surface area contributed by atoms with Crippen molar-refractivity contribution in [3.8, 4) is 34.0 Å². The van der Waals surface area contributed by atoms with E-state index in [1.54, 1.807) is 36.4 Å². The molecule has 6 heteroatoms. The van der Waals surface area contributed by atoms with Gasteiger partial charge in [0.2, 0.25) is 5.88 Å². The highest BCUT2D eigenvalue weighted by Gasteiger charge is 2.12. The van der Waals surface area contributed by atoms with Gasteiger partial charge in [0.25, 0.3) is 5.56 Å². The Morgan fingerprint density at radius 1 is 1.04 bits per heavy atom. The third-order valence-corrected chi connectivity index (χ3v) is 4.10. The zero-order valence-corrected chi connectivity index (χ0v) is 14.1. The highest BCUT2D eigenvalue weighted by molar-refractivity contribution is 5.70. The topological polar surface area (TPSA) is 72.8 Å². The molecule has 0 bridgehead atoms. The predicted octanol–water partition coefficient (Wildman–Crippen LogP) is 3.30. The lowest BCUT2D eigenvalue weighted by Gasteiger charge is -2.09. The molecule has 0 amide bonds. The van der Waals surface area contributed by atoms with Crippen LogP contribution in [-0.4, -0.2) is 26.9 Å². The van der Waals surface area contributed by atoms with Gasteiger partial charge in [-0.3, -0.25) is 4.79 Å². The molecule has 0 aliphatic rings. The summed E-state index contributed by atoms with van der Waals surface area (Å²) in [5, 5.41) is 4.36. The zero-order valence-electron chi connectivity index (χ0n) is 14.1. The number of hydrogen-bond acceptors (Lipinski definition) is 4. The molecular weight excluding hydrogens is 328 g/mol. The fourth-order valence-electron chi connectivity index (χ4n) is 2.79. The third-order valence-electron chi connectivity index (χ3n) is 4.10. The van der Waals surface area contributed by atoms with Crippen molar-refractivity contribution in [2.45, 2.75) is 0 Å². The molecule has 0 saturated heterocycles. The molecule has 4 rings (SSSR count). The summed E-state index contributed by atoms with van der Waals surface area (Å²) < 4.78 is 6.84. The van der Waals surface area contributed by atoms with Crippen LogP contribution in [-0.2, 0) is 0 Å². The van der Waals surface area contributed by atoms with Crippen LogP contribution in [0.3, 0.4) is 0 Å². The van der Waals surface area contributed by atoms with Crippen LogP contribution < -0.4 is 10.3 Å². The number of aromatic nitrogens is 4. The smallest absolute Gasteiger partial charge is 0.257 e. The van der Waals surface area contributed by atoms with Crippen molar-refractivity contribution in [3.63, 3.8) is 0 Å². The van der Waals surface area contributed by atoms with Gasteiger partial charge in [-0.15, -0.1) is 0 Å². The van der Waals surface area contributed by atoms with E-state index in [0.717, 1.165) is 22.5 Å². The van der Waals surface area contributed by atoms with E-state index in [-0.39, 0.29) is 5.56 Å². The molecule has 26 heavy (non-hydrogen) atoms. The van der Waals surface area contributed by atoms with E-state index in [9.17, 15) is 4.79 Å². The van der Waals surface area contributed by atoms with Gasteiger partial charge < -0.3 is 9.72 Å². The van der Waals surface area contributed by atoms with E-state index >= 15 is 0 Å². The molecule has 1 aromatic carbocycles. The van der Waals surface area contributed by atoms with Crippen molar-refractivity contribution >= 4 is 0 Å². The van der Waals surface area contributed by atoms with Crippen molar-refractivity contribution in [1.82, 2.24) is 19.7 Å². The van der Waals surface area contributed by atoms with Crippen LogP contribution in [0.15, 0.2) is 78.0 Å². The van der Waals surface area contributed by atoms with Crippen LogP contribution in [0.5, 0.6) is 5.88 Å². The van der Waals surface area contributed by atoms with Crippen molar-refractivity contribution in [3.05, 3.63) is 83.5 Å². The minimum absolute atomic E-state index is 0.173. The number of nitrogens with one attached hydrogen (secondary N) is 1. The van der Waals surface area contributed by atoms with Gasteiger partial charge in [-0.25, -0.2) is 9.67 Å². The van der Waals surface area contributed by atoms with E-state index in [1.165, 1.54) is 0 Å². The summed E-state index contributed by atoms with van der Waals surface area (Å²) >= 11 is 0. The molecule has 1 N–H and O–H groups in total. The number of methoxy groups -OCH3 is 1. The second kappa shape index (κ2) is 6.68. The summed E-state index contributed by atoms with van der Waals surface area (Å²) in [6, 6.07) is 17.1. The van der Waals surface area contributed by atoms with Gasteiger partial charge in [0, 0.05) is 29.6 Å². The molecule has 0 atom stereocenters. The molecule has 3 aromatic heterocycles. The fourth-order valence-corrected chi connectivity index (χ4v) is 2.79. The highest BCUT2D eigenvalue weighted by Crippen LogP contribution is 2.25. The molecule has 0 saturated carbocycles. The van der Waals surface area contributed by atoms with Crippen LogP contribution >= 0.6 is 0 Å². The SMILES string of the molecule is COc1ccc(-c2c[nH]c(=O)c(-c3ccnn3-c3ccccc3)c2)cn1. The van der Waals surface area contributed by atoms with Crippen molar-refractivity contribution in [2.75, 3.05) is 7.11 Å². The number of aromatic amines is 1. The van der Waals surface area contributed by atoms with Gasteiger partial charge in [-0.2, -0.15) is 5.10 Å². The lowest BCUT2D eigenvalue weighted by atomic mass is 10.1. The summed E-state index contributed by atoms with van der Waals surface area (Å²) in [5.74, 6) is 0.542. The first-order valence-corrected chi connectivity index (χ1v) is 8.09. The molecule has 0 aliphatic carbocycles. The summed E-state index contributed by atoms with van der Waals surface area (Å²) in [6.45, 7) is 0. The Bertz CT molecular complexity index is 1080. The molecule has 0 unspecified atom stereocenters. The van der Waals surface area contributed by atoms with E-state index in [1.807, 2.05) is 48.5 Å². The maximum Gasteiger partial charge on any atom is 0.257 e. The maximum atomic E-state index is 12.5. The van der Waals surface area contributed by atoms with Gasteiger partial charge in [-0.05, 0) is 30.3 Å². The van der Waals surface area contributed by atoms with Gasteiger partial charge in [-0.1, -0.05) is 18.2 Å². The average molecular weight is 344 g/mol. The first-order chi connectivity index (χ1) is 12.8. The largest absolute Gasteiger partial charge is 0.481 e. The van der Waals surface area contributed by atoms with Crippen LogP contribution in [0.25, 0.3) is 28.1 Å². The van der Waals surface area contributed by atoms with Crippen molar-refractivity contribution in [2.24, 2.45) is 0 Å². The zero-order chi connectivity index (χ0) is 17.9. The number of ether oxygens (including phenoxy) is 1. The number of para-hydroxylation sites is 1. The minimum atomic E-state index is -0.173. The van der Waals surface area contributed by atoms with E-state index in [0.29, 0.717) is 11.4 Å². The van der Waals surface area contributed by atoms with Gasteiger partial charge >= 0.3 is 0 Å². The first-order valence-electron chi connectivity index (χ1n) is 8.09. The Kier molecular flexibility index (Phi) is 4.07. The number of rotatable bonds is 4. The quantitative estimate of drug-likeness (QED) is 0.616. The fraction of sp³-hybridized carbons (Fsp3) is 0.0500. The average Bonchev–Trinajstić information content (AvgIpc) is 3.19. The molecule has 0 fully saturated rings. The lowest BCUT2D eigenvalue weighted by Crippen LogP contribution is -2.11. The summed E-state index contributed by atoms with van der Waals surface area (Å²) in [6.07, 6.45) is 5.08. The summed E-state index contributed by atoms with van der Waals surface area (Å²) in [5.41, 5.74) is 3.72. The van der Waals surface area contributed by atoms with Gasteiger partial charge in [0.15, 0.2) is 0 Å². The molecule has 0 aliphatic heterocycles. The number of pyridine rings is 2. The molecule has 128 valence electrons. The van der Waals surface area contributed by atoms with Gasteiger partial charge in [0.1, 0.15) is 0 Å². The Morgan fingerprint density at radius 2 is 1.88 bits per heavy atom. The second-order valence-electron chi connectivity index (χ2n) is 5.68. The van der Waals surface area contributed by atoms with Crippen LogP contribution in [0.1, 0.15) is 0 Å². The van der Waals surface area contributed by atoms with Crippen molar-refractivity contribution in [1.29, 1.82) is 0 Å². The molecule has 4 aromatic rings. The van der Waals surface area contributed by atoms with Crippen LogP contribution in [0.2, 0.25) is 0 Å². The molecule has 3 heterocycles. The van der Waals surface area contributed by atoms with Gasteiger partial charge in [0.05, 0.1) is 30.3 Å². The third kappa shape index (κ3) is 2.88. The van der Waals surface area contributed by atoms with Crippen LogP contribution in [0.4, 0.5) is 0 Å². The van der Waals surface area contributed by atoms with Crippen LogP contribution in [0, 0.1) is 0 Å². The predicted molar refractivity (Wildman–Crippen MR) is 99.4 cm³/mol. The molecule has 0 spiro atoms. The molecule has 0 radical (unpaired) electrons. The molecule has 6 nitrogen and oxygen atoms in total. The Labute approximate surface area is 149 Å². The summed E-state index contributed by atoms with van der Waals surface area (Å²) in [4.78, 5) is 19.5. The number of nitrogens with zero attached hydrogens (tertiary/aromatic N) is 3. The monoisotopic (exact) mass is 344 g/mol. The minimum Gasteiger partial charge on any atom is -0.481 e. The normalized spacial score (nSPS) is 10.7. The van der Waals surface area contributed by atoms with E-state index < -0.39 is 0 Å². The first kappa shape index (κ1) is 15.8. The Balaban J connectivity index is 1.81. The highest BCUT2D eigenvalue weighted by atomic mass is 16.5. The number of hydrogen-bond donors (Lipinski definition) is 1. The number of H-pyrrole nitrogens is 1. The Morgan fingerprint density at radius 3 is 2.62 bits per heavy atom.